The molecular weight excluding hydrogens is 370 g/mol. The Balaban J connectivity index is 0.00000210. The minimum atomic E-state index is -0.674. The van der Waals surface area contributed by atoms with Crippen molar-refractivity contribution in [1.82, 2.24) is 20.0 Å². The largest absolute Gasteiger partial charge is 0.336 e. The highest BCUT2D eigenvalue weighted by molar-refractivity contribution is 5.85. The average molecular weight is 392 g/mol. The Morgan fingerprint density at radius 3 is 2.70 bits per heavy atom. The molecule has 27 heavy (non-hydrogen) atoms. The molecule has 144 valence electrons. The Morgan fingerprint density at radius 2 is 2.04 bits per heavy atom. The van der Waals surface area contributed by atoms with Crippen molar-refractivity contribution in [3.05, 3.63) is 57.9 Å². The maximum Gasteiger partial charge on any atom is 0.269 e. The molecule has 1 aromatic carbocycles. The van der Waals surface area contributed by atoms with Crippen molar-refractivity contribution in [3.63, 3.8) is 0 Å². The van der Waals surface area contributed by atoms with E-state index in [-0.39, 0.29) is 28.9 Å². The van der Waals surface area contributed by atoms with Crippen LogP contribution in [0.15, 0.2) is 36.7 Å². The van der Waals surface area contributed by atoms with Crippen molar-refractivity contribution in [2.45, 2.75) is 31.3 Å². The maximum atomic E-state index is 13.5. The fraction of sp³-hybridized carbons (Fsp3) is 0.444. The minimum absolute atomic E-state index is 0. The first-order valence-electron chi connectivity index (χ1n) is 8.86. The van der Waals surface area contributed by atoms with Gasteiger partial charge in [0, 0.05) is 37.6 Å². The lowest BCUT2D eigenvalue weighted by Crippen LogP contribution is -2.56. The number of halogens is 1. The predicted octanol–water partition coefficient (Wildman–Crippen LogP) is 1.88. The standard InChI is InChI=1S/C18H21N5O3.ClH/c24-17(18(5-8-19-9-6-18)22-10-1-7-20-22)21-11-4-14-2-3-16(23(25)26)12-15(14)13-21;/h1-3,7,10,12,19H,4-6,8-9,11,13H2;1H. The number of nitro groups is 1. The zero-order valence-corrected chi connectivity index (χ0v) is 15.7. The molecule has 1 amide bonds. The molecule has 1 saturated heterocycles. The van der Waals surface area contributed by atoms with E-state index in [0.717, 1.165) is 24.2 Å². The van der Waals surface area contributed by atoms with Crippen LogP contribution in [0.1, 0.15) is 24.0 Å². The second kappa shape index (κ2) is 7.66. The molecule has 4 rings (SSSR count). The van der Waals surface area contributed by atoms with Gasteiger partial charge in [-0.3, -0.25) is 19.6 Å². The van der Waals surface area contributed by atoms with Crippen LogP contribution in [0.25, 0.3) is 0 Å². The SMILES string of the molecule is Cl.O=C(N1CCc2ccc([N+](=O)[O-])cc2C1)C1(n2cccn2)CCNCC1. The number of nitrogens with one attached hydrogen (secondary N) is 1. The molecule has 0 atom stereocenters. The van der Waals surface area contributed by atoms with Crippen LogP contribution in [0.3, 0.4) is 0 Å². The number of carbonyl (C=O) groups is 1. The van der Waals surface area contributed by atoms with Gasteiger partial charge in [-0.1, -0.05) is 6.07 Å². The molecule has 2 aromatic rings. The number of piperidine rings is 1. The van der Waals surface area contributed by atoms with Crippen molar-refractivity contribution in [1.29, 1.82) is 0 Å². The summed E-state index contributed by atoms with van der Waals surface area (Å²) in [5.41, 5.74) is 1.34. The maximum absolute atomic E-state index is 13.5. The first-order valence-corrected chi connectivity index (χ1v) is 8.86. The fourth-order valence-corrected chi connectivity index (χ4v) is 4.03. The summed E-state index contributed by atoms with van der Waals surface area (Å²) in [6.45, 7) is 2.56. The molecule has 2 aliphatic heterocycles. The second-order valence-corrected chi connectivity index (χ2v) is 6.92. The van der Waals surface area contributed by atoms with Gasteiger partial charge in [0.25, 0.3) is 11.6 Å². The summed E-state index contributed by atoms with van der Waals surface area (Å²) in [5.74, 6) is 0.0554. The number of benzene rings is 1. The first kappa shape index (κ1) is 19.3. The van der Waals surface area contributed by atoms with E-state index in [9.17, 15) is 14.9 Å². The Labute approximate surface area is 163 Å². The van der Waals surface area contributed by atoms with Crippen LogP contribution < -0.4 is 5.32 Å². The Hall–Kier alpha value is -2.45. The van der Waals surface area contributed by atoms with E-state index in [1.165, 1.54) is 6.07 Å². The summed E-state index contributed by atoms with van der Waals surface area (Å²) in [6, 6.07) is 6.78. The highest BCUT2D eigenvalue weighted by atomic mass is 35.5. The Bertz CT molecular complexity index is 834. The van der Waals surface area contributed by atoms with Gasteiger partial charge in [0.2, 0.25) is 0 Å². The van der Waals surface area contributed by atoms with E-state index in [0.29, 0.717) is 32.4 Å². The number of hydrogen-bond donors (Lipinski definition) is 1. The third kappa shape index (κ3) is 3.42. The van der Waals surface area contributed by atoms with Crippen LogP contribution >= 0.6 is 12.4 Å². The van der Waals surface area contributed by atoms with Crippen LogP contribution in [-0.2, 0) is 23.3 Å². The number of hydrogen-bond acceptors (Lipinski definition) is 5. The number of amides is 1. The lowest BCUT2D eigenvalue weighted by molar-refractivity contribution is -0.385. The molecule has 1 fully saturated rings. The summed E-state index contributed by atoms with van der Waals surface area (Å²) < 4.78 is 1.79. The van der Waals surface area contributed by atoms with Crippen molar-refractivity contribution in [2.75, 3.05) is 19.6 Å². The summed E-state index contributed by atoms with van der Waals surface area (Å²) in [4.78, 5) is 26.0. The van der Waals surface area contributed by atoms with Crippen molar-refractivity contribution < 1.29 is 9.72 Å². The monoisotopic (exact) mass is 391 g/mol. The van der Waals surface area contributed by atoms with E-state index < -0.39 is 5.54 Å². The van der Waals surface area contributed by atoms with Crippen LogP contribution in [0, 0.1) is 10.1 Å². The minimum Gasteiger partial charge on any atom is -0.336 e. The highest BCUT2D eigenvalue weighted by Crippen LogP contribution is 2.32. The van der Waals surface area contributed by atoms with Gasteiger partial charge in [-0.2, -0.15) is 5.10 Å². The van der Waals surface area contributed by atoms with E-state index >= 15 is 0 Å². The predicted molar refractivity (Wildman–Crippen MR) is 102 cm³/mol. The quantitative estimate of drug-likeness (QED) is 0.637. The van der Waals surface area contributed by atoms with E-state index in [4.69, 9.17) is 0 Å². The number of non-ortho nitro benzene ring substituents is 1. The topological polar surface area (TPSA) is 93.3 Å². The third-order valence-corrected chi connectivity index (χ3v) is 5.47. The van der Waals surface area contributed by atoms with E-state index in [2.05, 4.69) is 10.4 Å². The average Bonchev–Trinajstić information content (AvgIpc) is 3.22. The Morgan fingerprint density at radius 1 is 1.26 bits per heavy atom. The van der Waals surface area contributed by atoms with Gasteiger partial charge in [0.15, 0.2) is 0 Å². The van der Waals surface area contributed by atoms with Gasteiger partial charge < -0.3 is 10.2 Å². The summed E-state index contributed by atoms with van der Waals surface area (Å²) in [7, 11) is 0. The zero-order valence-electron chi connectivity index (χ0n) is 14.8. The number of rotatable bonds is 3. The summed E-state index contributed by atoms with van der Waals surface area (Å²) in [6.07, 6.45) is 5.64. The van der Waals surface area contributed by atoms with Crippen molar-refractivity contribution in [3.8, 4) is 0 Å². The molecule has 2 aliphatic rings. The van der Waals surface area contributed by atoms with E-state index in [1.807, 2.05) is 23.2 Å². The molecule has 0 saturated carbocycles. The molecule has 3 heterocycles. The van der Waals surface area contributed by atoms with Gasteiger partial charge in [-0.15, -0.1) is 12.4 Å². The number of nitro benzene ring substituents is 1. The van der Waals surface area contributed by atoms with Crippen molar-refractivity contribution in [2.24, 2.45) is 0 Å². The van der Waals surface area contributed by atoms with Gasteiger partial charge in [-0.25, -0.2) is 0 Å². The van der Waals surface area contributed by atoms with Crippen LogP contribution in [0.5, 0.6) is 0 Å². The lowest BCUT2D eigenvalue weighted by atomic mass is 9.85. The highest BCUT2D eigenvalue weighted by Gasteiger charge is 2.45. The van der Waals surface area contributed by atoms with Gasteiger partial charge >= 0.3 is 0 Å². The van der Waals surface area contributed by atoms with Crippen LogP contribution in [0.2, 0.25) is 0 Å². The van der Waals surface area contributed by atoms with Gasteiger partial charge in [-0.05, 0) is 49.5 Å². The number of aromatic nitrogens is 2. The molecule has 0 bridgehead atoms. The molecule has 1 aromatic heterocycles. The number of carbonyl (C=O) groups excluding carboxylic acids is 1. The molecule has 0 spiro atoms. The molecule has 9 heteroatoms. The van der Waals surface area contributed by atoms with Gasteiger partial charge in [0.1, 0.15) is 5.54 Å². The first-order chi connectivity index (χ1) is 12.6. The molecule has 0 radical (unpaired) electrons. The number of nitrogens with zero attached hydrogens (tertiary/aromatic N) is 4. The summed E-state index contributed by atoms with van der Waals surface area (Å²) in [5, 5.41) is 18.7. The summed E-state index contributed by atoms with van der Waals surface area (Å²) >= 11 is 0. The van der Waals surface area contributed by atoms with Crippen LogP contribution in [0.4, 0.5) is 5.69 Å². The van der Waals surface area contributed by atoms with Crippen molar-refractivity contribution >= 4 is 24.0 Å². The zero-order chi connectivity index (χ0) is 18.1. The van der Waals surface area contributed by atoms with Gasteiger partial charge in [0.05, 0.1) is 4.92 Å². The smallest absolute Gasteiger partial charge is 0.269 e. The molecule has 1 N–H and O–H groups in total. The fourth-order valence-electron chi connectivity index (χ4n) is 4.03. The molecular formula is C18H22ClN5O3. The Kier molecular flexibility index (Phi) is 5.48. The van der Waals surface area contributed by atoms with E-state index in [1.54, 1.807) is 16.9 Å². The second-order valence-electron chi connectivity index (χ2n) is 6.92. The third-order valence-electron chi connectivity index (χ3n) is 5.47. The van der Waals surface area contributed by atoms with Crippen LogP contribution in [-0.4, -0.2) is 45.1 Å². The molecule has 8 nitrogen and oxygen atoms in total. The molecule has 0 aliphatic carbocycles. The normalized spacial score (nSPS) is 18.3. The number of fused-ring (bicyclic) bond motifs is 1. The lowest BCUT2D eigenvalue weighted by Gasteiger charge is -2.41. The molecule has 0 unspecified atom stereocenters.